The van der Waals surface area contributed by atoms with Crippen LogP contribution in [0.5, 0.6) is 17.2 Å². The molecule has 13 heteroatoms. The number of carbonyl (C=O) groups is 2. The van der Waals surface area contributed by atoms with Gasteiger partial charge in [-0.3, -0.25) is 13.9 Å². The number of amides is 2. The third kappa shape index (κ3) is 8.33. The number of hydrogen-bond acceptors (Lipinski definition) is 7. The average Bonchev–Trinajstić information content (AvgIpc) is 3.00. The van der Waals surface area contributed by atoms with Gasteiger partial charge in [-0.15, -0.1) is 0 Å². The Labute approximate surface area is 266 Å². The summed E-state index contributed by atoms with van der Waals surface area (Å²) in [7, 11) is -0.216. The average molecular weight is 697 g/mol. The van der Waals surface area contributed by atoms with Crippen LogP contribution in [0.2, 0.25) is 5.02 Å². The second-order valence-electron chi connectivity index (χ2n) is 9.46. The lowest BCUT2D eigenvalue weighted by molar-refractivity contribution is -0.139. The fourth-order valence-electron chi connectivity index (χ4n) is 4.29. The van der Waals surface area contributed by atoms with Crippen LogP contribution >= 0.6 is 27.5 Å². The molecule has 0 bridgehead atoms. The Hall–Kier alpha value is -3.48. The first-order chi connectivity index (χ1) is 20.5. The fraction of sp³-hybridized carbons (Fsp3) is 0.333. The smallest absolute Gasteiger partial charge is 0.265 e. The van der Waals surface area contributed by atoms with Gasteiger partial charge in [-0.25, -0.2) is 8.42 Å². The van der Waals surface area contributed by atoms with Crippen molar-refractivity contribution in [3.05, 3.63) is 75.7 Å². The molecule has 0 fully saturated rings. The van der Waals surface area contributed by atoms with E-state index in [0.717, 1.165) is 14.3 Å². The largest absolute Gasteiger partial charge is 0.495 e. The number of hydrogen-bond donors (Lipinski definition) is 1. The second-order valence-corrected chi connectivity index (χ2v) is 12.7. The maximum atomic E-state index is 14.3. The Morgan fingerprint density at radius 3 is 2.26 bits per heavy atom. The molecule has 1 unspecified atom stereocenters. The predicted molar refractivity (Wildman–Crippen MR) is 170 cm³/mol. The van der Waals surface area contributed by atoms with Gasteiger partial charge in [0.2, 0.25) is 11.8 Å². The van der Waals surface area contributed by atoms with Crippen molar-refractivity contribution in [2.24, 2.45) is 0 Å². The standard InChI is InChI=1S/C30H35BrClN3O7S/c1-6-14-33-30(37)20(2)34(18-21-8-7-9-22(31)15-21)29(36)19-35(25-16-23(32)10-12-26(25)40-3)43(38,39)24-11-13-27(41-4)28(17-24)42-5/h7-13,15-17,20H,6,14,18-19H2,1-5H3,(H,33,37). The third-order valence-electron chi connectivity index (χ3n) is 6.59. The van der Waals surface area contributed by atoms with Crippen molar-refractivity contribution in [2.75, 3.05) is 38.7 Å². The molecule has 0 aliphatic heterocycles. The number of benzene rings is 3. The normalized spacial score (nSPS) is 11.8. The Morgan fingerprint density at radius 1 is 0.953 bits per heavy atom. The highest BCUT2D eigenvalue weighted by atomic mass is 79.9. The molecule has 232 valence electrons. The van der Waals surface area contributed by atoms with Crippen molar-refractivity contribution < 1.29 is 32.2 Å². The number of anilines is 1. The molecule has 0 radical (unpaired) electrons. The van der Waals surface area contributed by atoms with Crippen LogP contribution in [0.1, 0.15) is 25.8 Å². The summed E-state index contributed by atoms with van der Waals surface area (Å²) in [6.07, 6.45) is 0.712. The first-order valence-electron chi connectivity index (χ1n) is 13.4. The molecule has 1 N–H and O–H groups in total. The molecule has 43 heavy (non-hydrogen) atoms. The van der Waals surface area contributed by atoms with Gasteiger partial charge in [-0.2, -0.15) is 0 Å². The van der Waals surface area contributed by atoms with E-state index in [1.807, 2.05) is 31.2 Å². The highest BCUT2D eigenvalue weighted by Gasteiger charge is 2.34. The van der Waals surface area contributed by atoms with E-state index in [0.29, 0.717) is 18.7 Å². The zero-order valence-electron chi connectivity index (χ0n) is 24.6. The highest BCUT2D eigenvalue weighted by molar-refractivity contribution is 9.10. The molecule has 0 spiro atoms. The molecule has 2 amide bonds. The van der Waals surface area contributed by atoms with Gasteiger partial charge in [0.15, 0.2) is 11.5 Å². The minimum absolute atomic E-state index is 0.0450. The van der Waals surface area contributed by atoms with Crippen LogP contribution in [0.15, 0.2) is 70.0 Å². The topological polar surface area (TPSA) is 114 Å². The third-order valence-corrected chi connectivity index (χ3v) is 9.07. The number of halogens is 2. The molecule has 0 aromatic heterocycles. The summed E-state index contributed by atoms with van der Waals surface area (Å²) in [6.45, 7) is 3.35. The van der Waals surface area contributed by atoms with Crippen LogP contribution < -0.4 is 23.8 Å². The van der Waals surface area contributed by atoms with Gasteiger partial charge in [-0.1, -0.05) is 46.6 Å². The number of nitrogens with one attached hydrogen (secondary N) is 1. The van der Waals surface area contributed by atoms with Crippen LogP contribution in [0, 0.1) is 0 Å². The number of sulfonamides is 1. The predicted octanol–water partition coefficient (Wildman–Crippen LogP) is 5.27. The lowest BCUT2D eigenvalue weighted by atomic mass is 10.1. The van der Waals surface area contributed by atoms with Crippen LogP contribution in [0.3, 0.4) is 0 Å². The Balaban J connectivity index is 2.14. The minimum Gasteiger partial charge on any atom is -0.495 e. The van der Waals surface area contributed by atoms with Crippen LogP contribution in [0.25, 0.3) is 0 Å². The molecule has 3 rings (SSSR count). The van der Waals surface area contributed by atoms with E-state index in [1.165, 1.54) is 56.6 Å². The Kier molecular flexibility index (Phi) is 12.1. The molecule has 0 aliphatic carbocycles. The first kappa shape index (κ1) is 34.0. The van der Waals surface area contributed by atoms with Gasteiger partial charge in [0, 0.05) is 28.7 Å². The highest BCUT2D eigenvalue weighted by Crippen LogP contribution is 2.37. The van der Waals surface area contributed by atoms with Crippen molar-refractivity contribution in [1.29, 1.82) is 0 Å². The van der Waals surface area contributed by atoms with Crippen LogP contribution in [0.4, 0.5) is 5.69 Å². The molecule has 0 heterocycles. The van der Waals surface area contributed by atoms with Gasteiger partial charge in [-0.05, 0) is 61.4 Å². The van der Waals surface area contributed by atoms with Gasteiger partial charge in [0.1, 0.15) is 18.3 Å². The summed E-state index contributed by atoms with van der Waals surface area (Å²) in [5, 5.41) is 3.05. The number of nitrogens with zero attached hydrogens (tertiary/aromatic N) is 2. The summed E-state index contributed by atoms with van der Waals surface area (Å²) in [5.74, 6) is -0.291. The number of methoxy groups -OCH3 is 3. The number of carbonyl (C=O) groups excluding carboxylic acids is 2. The van der Waals surface area contributed by atoms with E-state index in [4.69, 9.17) is 25.8 Å². The summed E-state index contributed by atoms with van der Waals surface area (Å²) in [4.78, 5) is 28.4. The quantitative estimate of drug-likeness (QED) is 0.245. The van der Waals surface area contributed by atoms with E-state index in [9.17, 15) is 18.0 Å². The second kappa shape index (κ2) is 15.3. The van der Waals surface area contributed by atoms with Crippen LogP contribution in [-0.4, -0.2) is 65.6 Å². The maximum absolute atomic E-state index is 14.3. The van der Waals surface area contributed by atoms with E-state index in [2.05, 4.69) is 21.2 Å². The number of rotatable bonds is 14. The van der Waals surface area contributed by atoms with Gasteiger partial charge in [0.25, 0.3) is 10.0 Å². The SMILES string of the molecule is CCCNC(=O)C(C)N(Cc1cccc(Br)c1)C(=O)CN(c1cc(Cl)ccc1OC)S(=O)(=O)c1ccc(OC)c(OC)c1. The van der Waals surface area contributed by atoms with E-state index in [1.54, 1.807) is 13.0 Å². The van der Waals surface area contributed by atoms with Crippen LogP contribution in [-0.2, 0) is 26.2 Å². The summed E-state index contributed by atoms with van der Waals surface area (Å²) in [6, 6.07) is 15.0. The van der Waals surface area contributed by atoms with Gasteiger partial charge >= 0.3 is 0 Å². The minimum atomic E-state index is -4.43. The number of ether oxygens (including phenoxy) is 3. The summed E-state index contributed by atoms with van der Waals surface area (Å²) >= 11 is 9.74. The van der Waals surface area contributed by atoms with Crippen molar-refractivity contribution in [1.82, 2.24) is 10.2 Å². The monoisotopic (exact) mass is 695 g/mol. The van der Waals surface area contributed by atoms with E-state index < -0.39 is 28.5 Å². The molecular formula is C30H35BrClN3O7S. The molecule has 10 nitrogen and oxygen atoms in total. The molecule has 1 atom stereocenters. The Bertz CT molecular complexity index is 1550. The van der Waals surface area contributed by atoms with E-state index in [-0.39, 0.29) is 39.6 Å². The molecule has 0 aliphatic rings. The van der Waals surface area contributed by atoms with Gasteiger partial charge in [0.05, 0.1) is 31.9 Å². The fourth-order valence-corrected chi connectivity index (χ4v) is 6.33. The molecule has 3 aromatic rings. The lowest BCUT2D eigenvalue weighted by Gasteiger charge is -2.32. The molecular weight excluding hydrogens is 662 g/mol. The summed E-state index contributed by atoms with van der Waals surface area (Å²) < 4.78 is 46.3. The zero-order chi connectivity index (χ0) is 31.7. The molecule has 0 saturated heterocycles. The zero-order valence-corrected chi connectivity index (χ0v) is 27.8. The first-order valence-corrected chi connectivity index (χ1v) is 16.0. The summed E-state index contributed by atoms with van der Waals surface area (Å²) in [5.41, 5.74) is 0.788. The Morgan fingerprint density at radius 2 is 1.63 bits per heavy atom. The van der Waals surface area contributed by atoms with Crippen molar-refractivity contribution in [3.63, 3.8) is 0 Å². The maximum Gasteiger partial charge on any atom is 0.265 e. The van der Waals surface area contributed by atoms with E-state index >= 15 is 0 Å². The van der Waals surface area contributed by atoms with Crippen molar-refractivity contribution in [3.8, 4) is 17.2 Å². The molecule has 0 saturated carbocycles. The van der Waals surface area contributed by atoms with Crippen molar-refractivity contribution in [2.45, 2.75) is 37.8 Å². The molecule has 3 aromatic carbocycles. The van der Waals surface area contributed by atoms with Crippen molar-refractivity contribution >= 4 is 55.1 Å². The lowest BCUT2D eigenvalue weighted by Crippen LogP contribution is -2.51. The van der Waals surface area contributed by atoms with Gasteiger partial charge < -0.3 is 24.4 Å².